The van der Waals surface area contributed by atoms with Crippen molar-refractivity contribution >= 4 is 21.7 Å². The highest BCUT2D eigenvalue weighted by Crippen LogP contribution is 2.31. The first-order valence-corrected chi connectivity index (χ1v) is 12.4. The molecule has 1 aromatic carbocycles. The third-order valence-electron chi connectivity index (χ3n) is 6.08. The van der Waals surface area contributed by atoms with E-state index in [1.807, 2.05) is 6.07 Å². The Morgan fingerprint density at radius 1 is 1.15 bits per heavy atom. The molecule has 1 N–H and O–H groups in total. The first kappa shape index (κ1) is 22.7. The fourth-order valence-electron chi connectivity index (χ4n) is 3.93. The van der Waals surface area contributed by atoms with E-state index in [0.29, 0.717) is 18.4 Å². The van der Waals surface area contributed by atoms with Gasteiger partial charge in [0.1, 0.15) is 11.3 Å². The lowest BCUT2D eigenvalue weighted by molar-refractivity contribution is 0.0700. The second kappa shape index (κ2) is 8.83. The van der Waals surface area contributed by atoms with Crippen LogP contribution >= 0.6 is 0 Å². The van der Waals surface area contributed by atoms with Crippen molar-refractivity contribution in [1.29, 1.82) is 5.26 Å². The summed E-state index contributed by atoms with van der Waals surface area (Å²) < 4.78 is 26.1. The first-order valence-electron chi connectivity index (χ1n) is 10.8. The summed E-state index contributed by atoms with van der Waals surface area (Å²) in [5.41, 5.74) is 0.804. The predicted molar refractivity (Wildman–Crippen MR) is 120 cm³/mol. The molecule has 33 heavy (non-hydrogen) atoms. The van der Waals surface area contributed by atoms with Crippen LogP contribution in [0.5, 0.6) is 0 Å². The lowest BCUT2D eigenvalue weighted by Crippen LogP contribution is -2.49. The topological polar surface area (TPSA) is 129 Å². The fourth-order valence-corrected chi connectivity index (χ4v) is 5.77. The number of fused-ring (bicyclic) bond motifs is 1. The van der Waals surface area contributed by atoms with Gasteiger partial charge in [0.05, 0.1) is 22.1 Å². The zero-order chi connectivity index (χ0) is 23.8. The Kier molecular flexibility index (Phi) is 6.08. The summed E-state index contributed by atoms with van der Waals surface area (Å²) in [5, 5.41) is 10.6. The van der Waals surface area contributed by atoms with Gasteiger partial charge in [0.2, 0.25) is 0 Å². The smallest absolute Gasteiger partial charge is 0.270 e. The maximum Gasteiger partial charge on any atom is 0.270 e. The Morgan fingerprint density at radius 2 is 1.85 bits per heavy atom. The van der Waals surface area contributed by atoms with E-state index in [1.165, 1.54) is 21.6 Å². The van der Waals surface area contributed by atoms with Gasteiger partial charge in [-0.2, -0.15) is 5.26 Å². The molecule has 4 rings (SSSR count). The van der Waals surface area contributed by atoms with E-state index in [-0.39, 0.29) is 42.7 Å². The van der Waals surface area contributed by atoms with Crippen molar-refractivity contribution < 1.29 is 18.0 Å². The standard InChI is InChI=1S/C23H24N4O5S/c1-15(33(31,32)18-6-7-18)14-26-10-11-27-20(23(26)30)9-8-19(22(27)29)21(28)25-13-17-4-2-16(12-24)3-5-17/h2-5,8-9,15,18H,6-7,10-11,13-14H2,1H3,(H,25,28). The molecule has 0 radical (unpaired) electrons. The lowest BCUT2D eigenvalue weighted by Gasteiger charge is -2.31. The first-order chi connectivity index (χ1) is 15.7. The van der Waals surface area contributed by atoms with Crippen LogP contribution in [0.3, 0.4) is 0 Å². The number of hydrogen-bond acceptors (Lipinski definition) is 6. The summed E-state index contributed by atoms with van der Waals surface area (Å²) in [7, 11) is -3.26. The van der Waals surface area contributed by atoms with Crippen molar-refractivity contribution in [2.45, 2.75) is 43.4 Å². The van der Waals surface area contributed by atoms with Crippen LogP contribution in [0, 0.1) is 11.3 Å². The van der Waals surface area contributed by atoms with Gasteiger partial charge in [-0.25, -0.2) is 8.42 Å². The van der Waals surface area contributed by atoms with Crippen LogP contribution in [0.25, 0.3) is 0 Å². The van der Waals surface area contributed by atoms with Crippen LogP contribution in [-0.2, 0) is 22.9 Å². The minimum absolute atomic E-state index is 0.0710. The van der Waals surface area contributed by atoms with Crippen LogP contribution in [0.1, 0.15) is 51.7 Å². The van der Waals surface area contributed by atoms with E-state index in [9.17, 15) is 22.8 Å². The monoisotopic (exact) mass is 468 g/mol. The molecule has 1 aliphatic carbocycles. The normalized spacial score (nSPS) is 16.6. The van der Waals surface area contributed by atoms with Gasteiger partial charge in [-0.1, -0.05) is 12.1 Å². The highest BCUT2D eigenvalue weighted by Gasteiger charge is 2.40. The quantitative estimate of drug-likeness (QED) is 0.647. The van der Waals surface area contributed by atoms with Crippen molar-refractivity contribution in [3.05, 3.63) is 69.1 Å². The molecule has 1 saturated carbocycles. The highest BCUT2D eigenvalue weighted by atomic mass is 32.2. The van der Waals surface area contributed by atoms with Gasteiger partial charge < -0.3 is 14.8 Å². The summed E-state index contributed by atoms with van der Waals surface area (Å²) in [6.45, 7) is 2.27. The largest absolute Gasteiger partial charge is 0.348 e. The van der Waals surface area contributed by atoms with E-state index >= 15 is 0 Å². The summed E-state index contributed by atoms with van der Waals surface area (Å²) >= 11 is 0. The summed E-state index contributed by atoms with van der Waals surface area (Å²) in [5.74, 6) is -0.973. The Hall–Kier alpha value is -3.45. The number of hydrogen-bond donors (Lipinski definition) is 1. The van der Waals surface area contributed by atoms with Crippen LogP contribution < -0.4 is 10.9 Å². The van der Waals surface area contributed by atoms with Crippen molar-refractivity contribution in [1.82, 2.24) is 14.8 Å². The average molecular weight is 469 g/mol. The number of pyridine rings is 1. The molecular formula is C23H24N4O5S. The van der Waals surface area contributed by atoms with Gasteiger partial charge in [-0.05, 0) is 49.6 Å². The molecule has 172 valence electrons. The molecule has 1 aliphatic heterocycles. The van der Waals surface area contributed by atoms with E-state index in [1.54, 1.807) is 31.2 Å². The highest BCUT2D eigenvalue weighted by molar-refractivity contribution is 7.92. The van der Waals surface area contributed by atoms with E-state index in [2.05, 4.69) is 5.32 Å². The van der Waals surface area contributed by atoms with E-state index in [4.69, 9.17) is 5.26 Å². The second-order valence-electron chi connectivity index (χ2n) is 8.43. The Bertz CT molecular complexity index is 1300. The molecule has 2 heterocycles. The van der Waals surface area contributed by atoms with Crippen LogP contribution in [0.15, 0.2) is 41.2 Å². The molecule has 1 fully saturated rings. The maximum absolute atomic E-state index is 12.9. The second-order valence-corrected chi connectivity index (χ2v) is 11.1. The van der Waals surface area contributed by atoms with E-state index < -0.39 is 32.5 Å². The third kappa shape index (κ3) is 4.54. The molecule has 1 atom stereocenters. The van der Waals surface area contributed by atoms with Crippen molar-refractivity contribution in [2.24, 2.45) is 0 Å². The molecule has 10 heteroatoms. The maximum atomic E-state index is 12.9. The molecule has 2 amide bonds. The molecule has 2 aromatic rings. The number of benzene rings is 1. The number of carbonyl (C=O) groups excluding carboxylic acids is 2. The third-order valence-corrected chi connectivity index (χ3v) is 8.75. The number of nitriles is 1. The van der Waals surface area contributed by atoms with Gasteiger partial charge in [0, 0.05) is 26.2 Å². The Balaban J connectivity index is 1.45. The molecule has 1 aromatic heterocycles. The number of rotatable bonds is 7. The lowest BCUT2D eigenvalue weighted by atomic mass is 10.1. The van der Waals surface area contributed by atoms with Gasteiger partial charge in [-0.3, -0.25) is 14.4 Å². The molecule has 9 nitrogen and oxygen atoms in total. The SMILES string of the molecule is CC(CN1CCn2c(ccc(C(=O)NCc3ccc(C#N)cc3)c2=O)C1=O)S(=O)(=O)C1CC1. The molecule has 0 spiro atoms. The molecule has 1 unspecified atom stereocenters. The Morgan fingerprint density at radius 3 is 2.48 bits per heavy atom. The number of sulfone groups is 1. The van der Waals surface area contributed by atoms with Gasteiger partial charge >= 0.3 is 0 Å². The molecular weight excluding hydrogens is 444 g/mol. The predicted octanol–water partition coefficient (Wildman–Crippen LogP) is 1.07. The van der Waals surface area contributed by atoms with Gasteiger partial charge in [0.25, 0.3) is 17.4 Å². The van der Waals surface area contributed by atoms with Crippen LogP contribution in [0.4, 0.5) is 0 Å². The summed E-state index contributed by atoms with van der Waals surface area (Å²) in [6.07, 6.45) is 1.35. The van der Waals surface area contributed by atoms with Crippen molar-refractivity contribution in [2.75, 3.05) is 13.1 Å². The average Bonchev–Trinajstić information content (AvgIpc) is 3.66. The van der Waals surface area contributed by atoms with Gasteiger partial charge in [0.15, 0.2) is 9.84 Å². The number of aromatic nitrogens is 1. The van der Waals surface area contributed by atoms with Crippen LogP contribution in [0.2, 0.25) is 0 Å². The molecule has 2 aliphatic rings. The van der Waals surface area contributed by atoms with Crippen LogP contribution in [-0.4, -0.2) is 53.3 Å². The Labute approximate surface area is 191 Å². The minimum Gasteiger partial charge on any atom is -0.348 e. The molecule has 0 saturated heterocycles. The van der Waals surface area contributed by atoms with Gasteiger partial charge in [-0.15, -0.1) is 0 Å². The number of amides is 2. The number of nitrogens with zero attached hydrogens (tertiary/aromatic N) is 3. The summed E-state index contributed by atoms with van der Waals surface area (Å²) in [6, 6.07) is 11.5. The van der Waals surface area contributed by atoms with Crippen molar-refractivity contribution in [3.8, 4) is 6.07 Å². The van der Waals surface area contributed by atoms with Crippen molar-refractivity contribution in [3.63, 3.8) is 0 Å². The zero-order valence-corrected chi connectivity index (χ0v) is 19.0. The number of nitrogens with one attached hydrogen (secondary N) is 1. The zero-order valence-electron chi connectivity index (χ0n) is 18.2. The van der Waals surface area contributed by atoms with E-state index in [0.717, 1.165) is 5.56 Å². The number of carbonyl (C=O) groups is 2. The fraction of sp³-hybridized carbons (Fsp3) is 0.391. The minimum atomic E-state index is -3.26. The summed E-state index contributed by atoms with van der Waals surface area (Å²) in [4.78, 5) is 39.8. The molecule has 0 bridgehead atoms.